The predicted molar refractivity (Wildman–Crippen MR) is 72.8 cm³/mol. The number of halogens is 3. The molecule has 7 heteroatoms. The summed E-state index contributed by atoms with van der Waals surface area (Å²) in [6, 6.07) is 7.19. The summed E-state index contributed by atoms with van der Waals surface area (Å²) < 4.78 is 42.6. The Labute approximate surface area is 124 Å². The number of esters is 1. The first-order valence-electron chi connectivity index (χ1n) is 6.20. The Hall–Kier alpha value is -2.70. The van der Waals surface area contributed by atoms with Crippen LogP contribution in [0.25, 0.3) is 0 Å². The fraction of sp³-hybridized carbons (Fsp3) is 0.133. The molecule has 1 aromatic heterocycles. The van der Waals surface area contributed by atoms with Crippen molar-refractivity contribution >= 4 is 11.7 Å². The third kappa shape index (κ3) is 3.91. The van der Waals surface area contributed by atoms with Gasteiger partial charge in [-0.25, -0.2) is 4.79 Å². The molecule has 0 radical (unpaired) electrons. The second-order valence-electron chi connectivity index (χ2n) is 4.37. The lowest BCUT2D eigenvalue weighted by Gasteiger charge is -2.09. The monoisotopic (exact) mass is 308 g/mol. The Bertz CT molecular complexity index is 685. The number of rotatable bonds is 4. The number of benzene rings is 1. The zero-order valence-corrected chi connectivity index (χ0v) is 11.2. The number of carbonyl (C=O) groups is 1. The fourth-order valence-corrected chi connectivity index (χ4v) is 1.67. The van der Waals surface area contributed by atoms with E-state index in [9.17, 15) is 18.0 Å². The van der Waals surface area contributed by atoms with Crippen molar-refractivity contribution in [2.75, 3.05) is 6.61 Å². The number of pyridine rings is 1. The van der Waals surface area contributed by atoms with Crippen LogP contribution in [0.1, 0.15) is 21.5 Å². The summed E-state index contributed by atoms with van der Waals surface area (Å²) in [7, 11) is 0. The third-order valence-electron chi connectivity index (χ3n) is 2.78. The molecule has 0 atom stereocenters. The largest absolute Gasteiger partial charge is 0.456 e. The van der Waals surface area contributed by atoms with Gasteiger partial charge in [0.05, 0.1) is 16.8 Å². The van der Waals surface area contributed by atoms with Crippen LogP contribution in [0.2, 0.25) is 0 Å². The van der Waals surface area contributed by atoms with E-state index in [2.05, 4.69) is 4.98 Å². The van der Waals surface area contributed by atoms with Crippen molar-refractivity contribution in [2.24, 2.45) is 0 Å². The zero-order valence-electron chi connectivity index (χ0n) is 11.2. The lowest BCUT2D eigenvalue weighted by Crippen LogP contribution is -2.15. The van der Waals surface area contributed by atoms with Crippen LogP contribution in [0.4, 0.5) is 13.2 Å². The van der Waals surface area contributed by atoms with Crippen LogP contribution in [0.5, 0.6) is 0 Å². The number of ether oxygens (including phenoxy) is 1. The van der Waals surface area contributed by atoms with E-state index in [0.717, 1.165) is 18.2 Å². The molecule has 0 amide bonds. The third-order valence-corrected chi connectivity index (χ3v) is 2.78. The molecule has 1 aromatic carbocycles. The maximum Gasteiger partial charge on any atom is 0.416 e. The first-order valence-corrected chi connectivity index (χ1v) is 6.20. The van der Waals surface area contributed by atoms with E-state index in [-0.39, 0.29) is 17.9 Å². The summed E-state index contributed by atoms with van der Waals surface area (Å²) in [5.74, 6) is -0.917. The summed E-state index contributed by atoms with van der Waals surface area (Å²) in [6.45, 7) is -0.346. The van der Waals surface area contributed by atoms with E-state index in [4.69, 9.17) is 10.1 Å². The molecule has 1 heterocycles. The molecule has 0 aliphatic rings. The Morgan fingerprint density at radius 2 is 1.91 bits per heavy atom. The molecule has 0 saturated heterocycles. The molecule has 4 nitrogen and oxygen atoms in total. The minimum atomic E-state index is -4.53. The van der Waals surface area contributed by atoms with E-state index < -0.39 is 17.7 Å². The predicted octanol–water partition coefficient (Wildman–Crippen LogP) is 3.33. The Morgan fingerprint density at radius 3 is 2.55 bits per heavy atom. The van der Waals surface area contributed by atoms with Crippen molar-refractivity contribution in [1.82, 2.24) is 4.98 Å². The first kappa shape index (κ1) is 15.7. The zero-order chi connectivity index (χ0) is 16.2. The van der Waals surface area contributed by atoms with Gasteiger partial charge in [-0.1, -0.05) is 6.07 Å². The van der Waals surface area contributed by atoms with Crippen LogP contribution >= 0.6 is 0 Å². The highest BCUT2D eigenvalue weighted by Gasteiger charge is 2.31. The average Bonchev–Trinajstić information content (AvgIpc) is 2.52. The minimum absolute atomic E-state index is 0.00780. The smallest absolute Gasteiger partial charge is 0.416 e. The van der Waals surface area contributed by atoms with Crippen molar-refractivity contribution in [3.05, 3.63) is 65.5 Å². The number of aromatic nitrogens is 1. The van der Waals surface area contributed by atoms with Crippen molar-refractivity contribution in [2.45, 2.75) is 6.18 Å². The molecule has 2 rings (SSSR count). The number of alkyl halides is 3. The molecule has 0 aliphatic carbocycles. The number of hydrogen-bond acceptors (Lipinski definition) is 4. The number of hydrogen-bond donors (Lipinski definition) is 1. The standard InChI is InChI=1S/C15H11F3N2O2/c16-15(17,18)12-5-1-3-10(7-12)14(21)22-9-13(19)11-4-2-6-20-8-11/h1-8,19H,9H2. The second-order valence-corrected chi connectivity index (χ2v) is 4.37. The highest BCUT2D eigenvalue weighted by Crippen LogP contribution is 2.29. The molecule has 2 aromatic rings. The van der Waals surface area contributed by atoms with E-state index in [1.807, 2.05) is 0 Å². The van der Waals surface area contributed by atoms with Crippen LogP contribution in [0.3, 0.4) is 0 Å². The van der Waals surface area contributed by atoms with Gasteiger partial charge in [0.2, 0.25) is 0 Å². The Morgan fingerprint density at radius 1 is 1.18 bits per heavy atom. The lowest BCUT2D eigenvalue weighted by atomic mass is 10.1. The van der Waals surface area contributed by atoms with Crippen LogP contribution in [-0.2, 0) is 10.9 Å². The van der Waals surface area contributed by atoms with E-state index in [1.165, 1.54) is 18.5 Å². The quantitative estimate of drug-likeness (QED) is 0.696. The number of carbonyl (C=O) groups excluding carboxylic acids is 1. The van der Waals surface area contributed by atoms with Gasteiger partial charge in [-0.05, 0) is 30.3 Å². The van der Waals surface area contributed by atoms with Crippen LogP contribution in [-0.4, -0.2) is 23.3 Å². The van der Waals surface area contributed by atoms with E-state index in [1.54, 1.807) is 12.1 Å². The van der Waals surface area contributed by atoms with Gasteiger partial charge < -0.3 is 10.1 Å². The number of nitrogens with zero attached hydrogens (tertiary/aromatic N) is 1. The van der Waals surface area contributed by atoms with Crippen LogP contribution in [0.15, 0.2) is 48.8 Å². The van der Waals surface area contributed by atoms with Gasteiger partial charge in [-0.15, -0.1) is 0 Å². The summed E-state index contributed by atoms with van der Waals surface area (Å²) in [5, 5.41) is 7.73. The van der Waals surface area contributed by atoms with Gasteiger partial charge in [-0.2, -0.15) is 13.2 Å². The highest BCUT2D eigenvalue weighted by atomic mass is 19.4. The maximum atomic E-state index is 12.6. The summed E-state index contributed by atoms with van der Waals surface area (Å²) in [5.41, 5.74) is -0.661. The molecule has 114 valence electrons. The molecule has 0 unspecified atom stereocenters. The molecule has 0 bridgehead atoms. The molecule has 22 heavy (non-hydrogen) atoms. The average molecular weight is 308 g/mol. The van der Waals surface area contributed by atoms with Gasteiger partial charge in [0, 0.05) is 18.0 Å². The second kappa shape index (κ2) is 6.38. The summed E-state index contributed by atoms with van der Waals surface area (Å²) in [6.07, 6.45) is -1.56. The Kier molecular flexibility index (Phi) is 4.55. The number of nitrogens with one attached hydrogen (secondary N) is 1. The van der Waals surface area contributed by atoms with E-state index in [0.29, 0.717) is 5.56 Å². The van der Waals surface area contributed by atoms with Gasteiger partial charge in [0.15, 0.2) is 0 Å². The van der Waals surface area contributed by atoms with Crippen molar-refractivity contribution < 1.29 is 22.7 Å². The van der Waals surface area contributed by atoms with Gasteiger partial charge >= 0.3 is 12.1 Å². The fourth-order valence-electron chi connectivity index (χ4n) is 1.67. The first-order chi connectivity index (χ1) is 10.4. The summed E-state index contributed by atoms with van der Waals surface area (Å²) >= 11 is 0. The van der Waals surface area contributed by atoms with Crippen molar-refractivity contribution in [3.8, 4) is 0 Å². The van der Waals surface area contributed by atoms with Crippen molar-refractivity contribution in [3.63, 3.8) is 0 Å². The normalized spacial score (nSPS) is 11.0. The minimum Gasteiger partial charge on any atom is -0.456 e. The van der Waals surface area contributed by atoms with Gasteiger partial charge in [0.1, 0.15) is 6.61 Å². The Balaban J connectivity index is 2.03. The lowest BCUT2D eigenvalue weighted by molar-refractivity contribution is -0.137. The molecule has 0 aliphatic heterocycles. The molecular formula is C15H11F3N2O2. The van der Waals surface area contributed by atoms with Crippen LogP contribution in [0, 0.1) is 5.41 Å². The van der Waals surface area contributed by atoms with E-state index >= 15 is 0 Å². The van der Waals surface area contributed by atoms with Crippen LogP contribution < -0.4 is 0 Å². The topological polar surface area (TPSA) is 63.0 Å². The van der Waals surface area contributed by atoms with Gasteiger partial charge in [-0.3, -0.25) is 4.98 Å². The highest BCUT2D eigenvalue weighted by molar-refractivity contribution is 6.00. The van der Waals surface area contributed by atoms with Gasteiger partial charge in [0.25, 0.3) is 0 Å². The molecule has 0 saturated carbocycles. The molecular weight excluding hydrogens is 297 g/mol. The molecule has 1 N–H and O–H groups in total. The SMILES string of the molecule is N=C(COC(=O)c1cccc(C(F)(F)F)c1)c1cccnc1. The van der Waals surface area contributed by atoms with Crippen molar-refractivity contribution in [1.29, 1.82) is 5.41 Å². The maximum absolute atomic E-state index is 12.6. The summed E-state index contributed by atoms with van der Waals surface area (Å²) in [4.78, 5) is 15.6. The molecule has 0 fully saturated rings. The molecule has 0 spiro atoms.